The molecule has 0 radical (unpaired) electrons. The van der Waals surface area contributed by atoms with Gasteiger partial charge in [-0.25, -0.2) is 0 Å². The smallest absolute Gasteiger partial charge is 0.244 e. The largest absolute Gasteiger partial charge is 0.325 e. The van der Waals surface area contributed by atoms with Crippen molar-refractivity contribution in [3.05, 3.63) is 41.5 Å². The average Bonchev–Trinajstić information content (AvgIpc) is 3.35. The summed E-state index contributed by atoms with van der Waals surface area (Å²) in [6, 6.07) is 5.80. The number of aryl methyl sites for hydroxylation is 2. The summed E-state index contributed by atoms with van der Waals surface area (Å²) in [6.45, 7) is 3.75. The Balaban J connectivity index is 1.33. The number of nitrogens with zero attached hydrogens (tertiary/aromatic N) is 1. The third-order valence-corrected chi connectivity index (χ3v) is 6.56. The molecule has 5 nitrogen and oxygen atoms in total. The van der Waals surface area contributed by atoms with Crippen LogP contribution in [0.3, 0.4) is 0 Å². The molecule has 0 aromatic heterocycles. The van der Waals surface area contributed by atoms with Gasteiger partial charge in [-0.1, -0.05) is 18.2 Å². The van der Waals surface area contributed by atoms with Gasteiger partial charge in [0.05, 0.1) is 11.8 Å². The molecule has 2 saturated carbocycles. The Morgan fingerprint density at radius 3 is 2.08 bits per heavy atom. The van der Waals surface area contributed by atoms with E-state index < -0.39 is 0 Å². The van der Waals surface area contributed by atoms with E-state index in [0.717, 1.165) is 17.5 Å². The third-order valence-electron chi connectivity index (χ3n) is 6.56. The van der Waals surface area contributed by atoms with Crippen LogP contribution in [-0.4, -0.2) is 29.2 Å². The Morgan fingerprint density at radius 1 is 1.00 bits per heavy atom. The number of benzene rings is 1. The molecule has 134 valence electrons. The van der Waals surface area contributed by atoms with E-state index in [9.17, 15) is 14.4 Å². The number of carbonyl (C=O) groups excluding carboxylic acids is 3. The van der Waals surface area contributed by atoms with Gasteiger partial charge < -0.3 is 5.32 Å². The molecule has 4 aliphatic carbocycles. The van der Waals surface area contributed by atoms with E-state index >= 15 is 0 Å². The van der Waals surface area contributed by atoms with Gasteiger partial charge in [-0.05, 0) is 67.2 Å². The summed E-state index contributed by atoms with van der Waals surface area (Å²) in [4.78, 5) is 39.4. The highest BCUT2D eigenvalue weighted by molar-refractivity contribution is 6.09. The predicted molar refractivity (Wildman–Crippen MR) is 96.0 cm³/mol. The molecule has 5 aliphatic rings. The molecule has 3 amide bonds. The van der Waals surface area contributed by atoms with Crippen LogP contribution in [0.4, 0.5) is 5.69 Å². The minimum Gasteiger partial charge on any atom is -0.325 e. The van der Waals surface area contributed by atoms with Gasteiger partial charge in [0.2, 0.25) is 17.7 Å². The molecule has 0 unspecified atom stereocenters. The van der Waals surface area contributed by atoms with Crippen molar-refractivity contribution in [2.45, 2.75) is 20.3 Å². The maximum absolute atomic E-state index is 12.9. The lowest BCUT2D eigenvalue weighted by atomic mass is 9.63. The van der Waals surface area contributed by atoms with E-state index in [1.165, 1.54) is 4.90 Å². The van der Waals surface area contributed by atoms with Crippen molar-refractivity contribution >= 4 is 23.4 Å². The second-order valence-corrected chi connectivity index (χ2v) is 8.34. The number of hydrogen-bond acceptors (Lipinski definition) is 3. The average molecular weight is 350 g/mol. The van der Waals surface area contributed by atoms with E-state index in [1.54, 1.807) is 0 Å². The number of hydrogen-bond donors (Lipinski definition) is 1. The Labute approximate surface area is 152 Å². The SMILES string of the molecule is Cc1cc(C)cc(NC(=O)CN2C(=O)[C@@H]3[C@H]4C=C[C@@H]([C@@H]5C[C@H]45)[C@@H]3C2=O)c1. The Hall–Kier alpha value is -2.43. The van der Waals surface area contributed by atoms with Crippen LogP contribution < -0.4 is 5.32 Å². The zero-order valence-electron chi connectivity index (χ0n) is 14.9. The molecule has 1 saturated heterocycles. The maximum Gasteiger partial charge on any atom is 0.244 e. The molecule has 1 aliphatic heterocycles. The number of nitrogens with one attached hydrogen (secondary N) is 1. The lowest BCUT2D eigenvalue weighted by molar-refractivity contribution is -0.142. The van der Waals surface area contributed by atoms with Crippen LogP contribution in [0.25, 0.3) is 0 Å². The molecule has 1 aromatic carbocycles. The fraction of sp³-hybridized carbons (Fsp3) is 0.476. The fourth-order valence-corrected chi connectivity index (χ4v) is 5.57. The molecule has 1 N–H and O–H groups in total. The fourth-order valence-electron chi connectivity index (χ4n) is 5.57. The molecule has 0 spiro atoms. The molecule has 5 heteroatoms. The number of rotatable bonds is 3. The van der Waals surface area contributed by atoms with Crippen molar-refractivity contribution in [2.75, 3.05) is 11.9 Å². The van der Waals surface area contributed by atoms with Crippen molar-refractivity contribution in [1.29, 1.82) is 0 Å². The van der Waals surface area contributed by atoms with Crippen molar-refractivity contribution in [3.8, 4) is 0 Å². The van der Waals surface area contributed by atoms with E-state index in [-0.39, 0.29) is 47.9 Å². The second-order valence-electron chi connectivity index (χ2n) is 8.34. The van der Waals surface area contributed by atoms with Crippen molar-refractivity contribution < 1.29 is 14.4 Å². The number of anilines is 1. The van der Waals surface area contributed by atoms with Gasteiger partial charge >= 0.3 is 0 Å². The summed E-state index contributed by atoms with van der Waals surface area (Å²) in [6.07, 6.45) is 5.43. The Kier molecular flexibility index (Phi) is 3.21. The zero-order valence-corrected chi connectivity index (χ0v) is 14.9. The first-order chi connectivity index (χ1) is 12.4. The van der Waals surface area contributed by atoms with Gasteiger partial charge in [-0.2, -0.15) is 0 Å². The summed E-state index contributed by atoms with van der Waals surface area (Å²) in [5.74, 6) is 0.434. The van der Waals surface area contributed by atoms with E-state index in [1.807, 2.05) is 32.0 Å². The summed E-state index contributed by atoms with van der Waals surface area (Å²) in [7, 11) is 0. The van der Waals surface area contributed by atoms with Crippen molar-refractivity contribution in [1.82, 2.24) is 4.90 Å². The van der Waals surface area contributed by atoms with Gasteiger partial charge in [0.15, 0.2) is 0 Å². The third kappa shape index (κ3) is 2.19. The van der Waals surface area contributed by atoms with Crippen LogP contribution in [0.15, 0.2) is 30.4 Å². The lowest BCUT2D eigenvalue weighted by Crippen LogP contribution is -2.40. The number of amides is 3. The van der Waals surface area contributed by atoms with Crippen LogP contribution in [0, 0.1) is 49.4 Å². The van der Waals surface area contributed by atoms with Gasteiger partial charge in [0.25, 0.3) is 0 Å². The molecular weight excluding hydrogens is 328 g/mol. The highest BCUT2D eigenvalue weighted by Gasteiger charge is 2.67. The van der Waals surface area contributed by atoms with E-state index in [4.69, 9.17) is 0 Å². The maximum atomic E-state index is 12.9. The predicted octanol–water partition coefficient (Wildman–Crippen LogP) is 2.30. The van der Waals surface area contributed by atoms with Crippen LogP contribution in [0.1, 0.15) is 17.5 Å². The monoisotopic (exact) mass is 350 g/mol. The van der Waals surface area contributed by atoms with E-state index in [0.29, 0.717) is 17.5 Å². The second kappa shape index (κ2) is 5.29. The van der Waals surface area contributed by atoms with E-state index in [2.05, 4.69) is 17.5 Å². The first-order valence-corrected chi connectivity index (χ1v) is 9.36. The zero-order chi connectivity index (χ0) is 18.2. The summed E-state index contributed by atoms with van der Waals surface area (Å²) < 4.78 is 0. The molecule has 2 bridgehead atoms. The van der Waals surface area contributed by atoms with Crippen molar-refractivity contribution in [2.24, 2.45) is 35.5 Å². The molecule has 26 heavy (non-hydrogen) atoms. The normalized spacial score (nSPS) is 36.2. The lowest BCUT2D eigenvalue weighted by Gasteiger charge is -2.37. The van der Waals surface area contributed by atoms with Gasteiger partial charge in [0, 0.05) is 5.69 Å². The molecular formula is C21H22N2O3. The first kappa shape index (κ1) is 15.8. The van der Waals surface area contributed by atoms with Crippen LogP contribution in [-0.2, 0) is 14.4 Å². The van der Waals surface area contributed by atoms with Gasteiger partial charge in [0.1, 0.15) is 6.54 Å². The molecule has 3 fully saturated rings. The molecule has 6 atom stereocenters. The summed E-state index contributed by atoms with van der Waals surface area (Å²) in [5.41, 5.74) is 2.81. The minimum absolute atomic E-state index is 0.153. The number of likely N-dealkylation sites (tertiary alicyclic amines) is 1. The molecule has 1 heterocycles. The van der Waals surface area contributed by atoms with Crippen LogP contribution in [0.2, 0.25) is 0 Å². The highest BCUT2D eigenvalue weighted by Crippen LogP contribution is 2.65. The molecule has 6 rings (SSSR count). The Morgan fingerprint density at radius 2 is 1.54 bits per heavy atom. The summed E-state index contributed by atoms with van der Waals surface area (Å²) >= 11 is 0. The summed E-state index contributed by atoms with van der Waals surface area (Å²) in [5, 5.41) is 2.83. The highest BCUT2D eigenvalue weighted by atomic mass is 16.2. The topological polar surface area (TPSA) is 66.5 Å². The van der Waals surface area contributed by atoms with Gasteiger partial charge in [-0.3, -0.25) is 19.3 Å². The molecule has 1 aromatic rings. The standard InChI is InChI=1S/C21H22N2O3/c1-10-5-11(2)7-12(6-10)22-17(24)9-23-20(25)18-13-3-4-14(16-8-15(13)16)19(18)21(23)26/h3-7,13-16,18-19H,8-9H2,1-2H3,(H,22,24)/t13-,14-,15-,16+,18-,19+/m0/s1. The number of carbonyl (C=O) groups is 3. The number of imide groups is 1. The minimum atomic E-state index is -0.319. The van der Waals surface area contributed by atoms with Crippen LogP contribution >= 0.6 is 0 Å². The Bertz CT molecular complexity index is 818. The first-order valence-electron chi connectivity index (χ1n) is 9.36. The van der Waals surface area contributed by atoms with Crippen LogP contribution in [0.5, 0.6) is 0 Å². The van der Waals surface area contributed by atoms with Crippen molar-refractivity contribution in [3.63, 3.8) is 0 Å². The van der Waals surface area contributed by atoms with Gasteiger partial charge in [-0.15, -0.1) is 0 Å². The number of allylic oxidation sites excluding steroid dienone is 2. The quantitative estimate of drug-likeness (QED) is 0.672.